The second-order valence-electron chi connectivity index (χ2n) is 3.83. The Kier molecular flexibility index (Phi) is 3.58. The number of hydrogen-bond acceptors (Lipinski definition) is 1. The Bertz CT molecular complexity index is 451. The molecule has 0 unspecified atom stereocenters. The topological polar surface area (TPSA) is 3.24 Å². The molecule has 0 atom stereocenters. The van der Waals surface area contributed by atoms with Gasteiger partial charge in [0.2, 0.25) is 0 Å². The van der Waals surface area contributed by atoms with E-state index in [2.05, 4.69) is 73.6 Å². The van der Waals surface area contributed by atoms with E-state index in [9.17, 15) is 0 Å². The van der Waals surface area contributed by atoms with Crippen molar-refractivity contribution in [2.24, 2.45) is 0 Å². The van der Waals surface area contributed by atoms with Gasteiger partial charge in [0.25, 0.3) is 0 Å². The molecule has 0 fully saturated rings. The molecule has 0 amide bonds. The Balaban J connectivity index is 2.28. The molecule has 16 heavy (non-hydrogen) atoms. The third-order valence-corrected chi connectivity index (χ3v) is 3.54. The van der Waals surface area contributed by atoms with Crippen molar-refractivity contribution in [2.45, 2.75) is 0 Å². The monoisotopic (exact) mass is 228 g/mol. The number of rotatable bonds is 3. The molecule has 0 saturated carbocycles. The van der Waals surface area contributed by atoms with Gasteiger partial charge in [0.05, 0.1) is 0 Å². The van der Waals surface area contributed by atoms with Gasteiger partial charge in [0.15, 0.2) is 0 Å². The predicted octanol–water partition coefficient (Wildman–Crippen LogP) is 2.65. The number of hydrogen-bond donors (Lipinski definition) is 0. The zero-order valence-corrected chi connectivity index (χ0v) is 10.5. The molecule has 0 bridgehead atoms. The highest BCUT2D eigenvalue weighted by molar-refractivity contribution is 7.55. The first kappa shape index (κ1) is 11.2. The zero-order valence-electron chi connectivity index (χ0n) is 9.59. The normalized spacial score (nSPS) is 10.9. The lowest BCUT2D eigenvalue weighted by atomic mass is 10.3. The fraction of sp³-hybridized carbons (Fsp3) is 0.143. The lowest BCUT2D eigenvalue weighted by Crippen LogP contribution is -2.17. The molecule has 0 spiro atoms. The summed E-state index contributed by atoms with van der Waals surface area (Å²) in [6, 6.07) is 19.1. The van der Waals surface area contributed by atoms with Gasteiger partial charge in [0.1, 0.15) is 0 Å². The van der Waals surface area contributed by atoms with Crippen molar-refractivity contribution in [3.8, 4) is 0 Å². The van der Waals surface area contributed by atoms with E-state index >= 15 is 0 Å². The zero-order chi connectivity index (χ0) is 11.4. The maximum absolute atomic E-state index is 2.18. The molecule has 82 valence electrons. The van der Waals surface area contributed by atoms with Crippen LogP contribution in [0.25, 0.3) is 0 Å². The standard InChI is InChI=1S/C14H15NP/c1-15(2)13-10-6-7-11-14(13)16-12-8-4-3-5-9-12/h3-11H,1-2H3/q-1. The number of para-hydroxylation sites is 1. The van der Waals surface area contributed by atoms with E-state index in [1.54, 1.807) is 0 Å². The van der Waals surface area contributed by atoms with Gasteiger partial charge in [-0.05, 0) is 6.07 Å². The lowest BCUT2D eigenvalue weighted by molar-refractivity contribution is 1.14. The SMILES string of the molecule is CN(C)c1ccccc1[P-]c1ccccc1. The Hall–Kier alpha value is -1.33. The van der Waals surface area contributed by atoms with Crippen molar-refractivity contribution in [3.63, 3.8) is 0 Å². The van der Waals surface area contributed by atoms with E-state index in [-0.39, 0.29) is 0 Å². The average molecular weight is 228 g/mol. The molecular weight excluding hydrogens is 213 g/mol. The van der Waals surface area contributed by atoms with E-state index in [1.807, 2.05) is 0 Å². The molecule has 2 rings (SSSR count). The summed E-state index contributed by atoms with van der Waals surface area (Å²) in [6.07, 6.45) is 0. The van der Waals surface area contributed by atoms with Crippen LogP contribution in [0.5, 0.6) is 0 Å². The van der Waals surface area contributed by atoms with Gasteiger partial charge in [-0.1, -0.05) is 48.5 Å². The fourth-order valence-electron chi connectivity index (χ4n) is 1.58. The molecule has 2 aromatic rings. The Morgan fingerprint density at radius 1 is 0.812 bits per heavy atom. The molecular formula is C14H15NP-. The summed E-state index contributed by atoms with van der Waals surface area (Å²) in [4.78, 5) is 2.16. The maximum Gasteiger partial charge on any atom is 0.00861 e. The van der Waals surface area contributed by atoms with Gasteiger partial charge in [-0.25, -0.2) is 0 Å². The molecule has 0 saturated heterocycles. The summed E-state index contributed by atoms with van der Waals surface area (Å²) in [7, 11) is 5.43. The molecule has 0 aliphatic carbocycles. The first-order valence-corrected chi connectivity index (χ1v) is 6.20. The minimum atomic E-state index is 1.26. The summed E-state index contributed by atoms with van der Waals surface area (Å²) in [5.41, 5.74) is 1.29. The van der Waals surface area contributed by atoms with Crippen LogP contribution in [0, 0.1) is 0 Å². The first-order valence-electron chi connectivity index (χ1n) is 5.30. The van der Waals surface area contributed by atoms with E-state index in [4.69, 9.17) is 0 Å². The van der Waals surface area contributed by atoms with Crippen LogP contribution in [0.1, 0.15) is 0 Å². The third kappa shape index (κ3) is 2.62. The lowest BCUT2D eigenvalue weighted by Gasteiger charge is -2.27. The van der Waals surface area contributed by atoms with Crippen molar-refractivity contribution in [1.82, 2.24) is 0 Å². The van der Waals surface area contributed by atoms with E-state index in [0.29, 0.717) is 0 Å². The van der Waals surface area contributed by atoms with Crippen molar-refractivity contribution < 1.29 is 0 Å². The third-order valence-electron chi connectivity index (χ3n) is 2.37. The smallest absolute Gasteiger partial charge is 0.00861 e. The van der Waals surface area contributed by atoms with Crippen molar-refractivity contribution >= 4 is 24.9 Å². The fourth-order valence-corrected chi connectivity index (χ4v) is 2.73. The molecule has 1 nitrogen and oxygen atoms in total. The quantitative estimate of drug-likeness (QED) is 0.730. The highest BCUT2D eigenvalue weighted by atomic mass is 31.1. The van der Waals surface area contributed by atoms with Crippen LogP contribution in [-0.2, 0) is 0 Å². The van der Waals surface area contributed by atoms with Gasteiger partial charge in [-0.3, -0.25) is 0 Å². The Labute approximate surface area is 98.9 Å². The molecule has 0 aliphatic rings. The molecule has 0 aliphatic heterocycles. The van der Waals surface area contributed by atoms with Crippen molar-refractivity contribution in [1.29, 1.82) is 0 Å². The summed E-state index contributed by atoms with van der Waals surface area (Å²) in [5, 5.41) is 2.68. The molecule has 0 heterocycles. The Morgan fingerprint density at radius 2 is 1.44 bits per heavy atom. The minimum absolute atomic E-state index is 1.26. The van der Waals surface area contributed by atoms with E-state index in [0.717, 1.165) is 0 Å². The predicted molar refractivity (Wildman–Crippen MR) is 73.4 cm³/mol. The maximum atomic E-state index is 2.18. The molecule has 0 radical (unpaired) electrons. The van der Waals surface area contributed by atoms with E-state index < -0.39 is 0 Å². The Morgan fingerprint density at radius 3 is 2.12 bits per heavy atom. The summed E-state index contributed by atoms with van der Waals surface area (Å²) in [5.74, 6) is 0. The summed E-state index contributed by atoms with van der Waals surface area (Å²) in [6.45, 7) is 0. The van der Waals surface area contributed by atoms with Crippen LogP contribution in [0.3, 0.4) is 0 Å². The minimum Gasteiger partial charge on any atom is -0.470 e. The number of benzene rings is 2. The van der Waals surface area contributed by atoms with Gasteiger partial charge < -0.3 is 13.5 Å². The van der Waals surface area contributed by atoms with Gasteiger partial charge in [0, 0.05) is 19.8 Å². The van der Waals surface area contributed by atoms with E-state index in [1.165, 1.54) is 24.9 Å². The van der Waals surface area contributed by atoms with Crippen molar-refractivity contribution in [3.05, 3.63) is 54.6 Å². The molecule has 0 aromatic heterocycles. The van der Waals surface area contributed by atoms with Crippen LogP contribution in [0.4, 0.5) is 5.69 Å². The highest BCUT2D eigenvalue weighted by Gasteiger charge is 1.94. The average Bonchev–Trinajstić information content (AvgIpc) is 2.31. The number of anilines is 1. The first-order chi connectivity index (χ1) is 7.77. The van der Waals surface area contributed by atoms with Gasteiger partial charge in [-0.2, -0.15) is 10.6 Å². The van der Waals surface area contributed by atoms with Crippen LogP contribution in [-0.4, -0.2) is 14.1 Å². The molecule has 0 N–H and O–H groups in total. The van der Waals surface area contributed by atoms with Crippen molar-refractivity contribution in [2.75, 3.05) is 19.0 Å². The largest absolute Gasteiger partial charge is 0.470 e. The van der Waals surface area contributed by atoms with Crippen LogP contribution in [0.15, 0.2) is 54.6 Å². The van der Waals surface area contributed by atoms with Crippen LogP contribution < -0.4 is 15.5 Å². The van der Waals surface area contributed by atoms with Crippen LogP contribution >= 0.6 is 8.58 Å². The van der Waals surface area contributed by atoms with Crippen LogP contribution in [0.2, 0.25) is 0 Å². The van der Waals surface area contributed by atoms with Gasteiger partial charge in [-0.15, -0.1) is 0 Å². The second-order valence-corrected chi connectivity index (χ2v) is 5.05. The van der Waals surface area contributed by atoms with Gasteiger partial charge >= 0.3 is 0 Å². The number of nitrogens with zero attached hydrogens (tertiary/aromatic N) is 1. The second kappa shape index (κ2) is 5.14. The molecule has 2 heteroatoms. The summed E-state index contributed by atoms with van der Waals surface area (Å²) >= 11 is 0. The highest BCUT2D eigenvalue weighted by Crippen LogP contribution is 2.18. The molecule has 2 aromatic carbocycles. The summed E-state index contributed by atoms with van der Waals surface area (Å²) < 4.78 is 0.